The molecule has 0 bridgehead atoms. The average molecular weight is 461 g/mol. The Hall–Kier alpha value is -4.22. The minimum atomic E-state index is -4.54. The minimum absolute atomic E-state index is 0.0367. The van der Waals surface area contributed by atoms with Crippen LogP contribution in [0.2, 0.25) is 0 Å². The number of imide groups is 1. The van der Waals surface area contributed by atoms with Gasteiger partial charge in [-0.3, -0.25) is 10.1 Å². The van der Waals surface area contributed by atoms with Crippen molar-refractivity contribution in [2.24, 2.45) is 0 Å². The average Bonchev–Trinajstić information content (AvgIpc) is 3.18. The molecule has 12 heteroatoms. The monoisotopic (exact) mass is 461 g/mol. The second kappa shape index (κ2) is 9.51. The van der Waals surface area contributed by atoms with Gasteiger partial charge in [-0.2, -0.15) is 18.3 Å². The quantitative estimate of drug-likeness (QED) is 0.565. The summed E-state index contributed by atoms with van der Waals surface area (Å²) in [5.41, 5.74) is -0.415. The van der Waals surface area contributed by atoms with Crippen LogP contribution in [0.15, 0.2) is 54.9 Å². The van der Waals surface area contributed by atoms with Crippen molar-refractivity contribution in [2.45, 2.75) is 19.2 Å². The third-order valence-corrected chi connectivity index (χ3v) is 4.55. The molecule has 33 heavy (non-hydrogen) atoms. The third kappa shape index (κ3) is 5.34. The fourth-order valence-corrected chi connectivity index (χ4v) is 2.83. The number of pyridine rings is 1. The summed E-state index contributed by atoms with van der Waals surface area (Å²) in [5.74, 6) is -1.74. The van der Waals surface area contributed by atoms with Crippen LogP contribution in [-0.4, -0.2) is 39.7 Å². The van der Waals surface area contributed by atoms with E-state index in [1.165, 1.54) is 18.7 Å². The predicted molar refractivity (Wildman–Crippen MR) is 108 cm³/mol. The van der Waals surface area contributed by atoms with E-state index in [9.17, 15) is 27.6 Å². The first kappa shape index (κ1) is 23.4. The molecule has 2 N–H and O–H groups in total. The number of rotatable bonds is 5. The lowest BCUT2D eigenvalue weighted by Gasteiger charge is -2.17. The first-order valence-electron chi connectivity index (χ1n) is 9.48. The Labute approximate surface area is 185 Å². The summed E-state index contributed by atoms with van der Waals surface area (Å²) in [6.45, 7) is 1.49. The first-order chi connectivity index (χ1) is 15.6. The van der Waals surface area contributed by atoms with E-state index in [1.54, 1.807) is 30.3 Å². The van der Waals surface area contributed by atoms with Crippen LogP contribution < -0.4 is 10.6 Å². The van der Waals surface area contributed by atoms with Gasteiger partial charge in [0.2, 0.25) is 6.10 Å². The van der Waals surface area contributed by atoms with Gasteiger partial charge in [0.25, 0.3) is 5.91 Å². The van der Waals surface area contributed by atoms with Crippen molar-refractivity contribution in [3.8, 4) is 5.82 Å². The smallest absolute Gasteiger partial charge is 0.417 e. The number of benzene rings is 1. The summed E-state index contributed by atoms with van der Waals surface area (Å²) in [6, 6.07) is 9.22. The lowest BCUT2D eigenvalue weighted by molar-refractivity contribution is -0.137. The Kier molecular flexibility index (Phi) is 6.75. The zero-order valence-corrected chi connectivity index (χ0v) is 17.4. The summed E-state index contributed by atoms with van der Waals surface area (Å²) >= 11 is 0. The van der Waals surface area contributed by atoms with Gasteiger partial charge in [-0.15, -0.1) is 0 Å². The highest BCUT2D eigenvalue weighted by atomic mass is 19.4. The number of hydrogen-bond acceptors (Lipinski definition) is 6. The summed E-state index contributed by atoms with van der Waals surface area (Å²) in [5, 5.41) is 8.28. The normalized spacial score (nSPS) is 12.0. The molecular formula is C21H18F3N5O4. The molecule has 3 rings (SSSR count). The maximum absolute atomic E-state index is 12.8. The number of carbonyl (C=O) groups is 3. The summed E-state index contributed by atoms with van der Waals surface area (Å²) < 4.78 is 44.8. The Balaban J connectivity index is 1.86. The fraction of sp³-hybridized carbons (Fsp3) is 0.190. The van der Waals surface area contributed by atoms with Crippen molar-refractivity contribution in [1.82, 2.24) is 25.4 Å². The number of carbonyl (C=O) groups excluding carboxylic acids is 3. The predicted octanol–water partition coefficient (Wildman–Crippen LogP) is 2.95. The summed E-state index contributed by atoms with van der Waals surface area (Å²) in [6.07, 6.45) is -4.18. The molecule has 2 aromatic heterocycles. The third-order valence-electron chi connectivity index (χ3n) is 4.55. The largest absolute Gasteiger partial charge is 0.444 e. The van der Waals surface area contributed by atoms with E-state index in [0.29, 0.717) is 11.8 Å². The van der Waals surface area contributed by atoms with Crippen LogP contribution >= 0.6 is 0 Å². The summed E-state index contributed by atoms with van der Waals surface area (Å²) in [7, 11) is 1.32. The van der Waals surface area contributed by atoms with Crippen molar-refractivity contribution in [3.05, 3.63) is 77.2 Å². The van der Waals surface area contributed by atoms with Gasteiger partial charge in [-0.05, 0) is 19.1 Å². The van der Waals surface area contributed by atoms with Gasteiger partial charge in [-0.1, -0.05) is 30.3 Å². The van der Waals surface area contributed by atoms with E-state index in [0.717, 1.165) is 18.3 Å². The molecule has 1 unspecified atom stereocenters. The Bertz CT molecular complexity index is 1160. The second-order valence-electron chi connectivity index (χ2n) is 6.72. The van der Waals surface area contributed by atoms with E-state index < -0.39 is 35.8 Å². The van der Waals surface area contributed by atoms with Gasteiger partial charge >= 0.3 is 18.2 Å². The van der Waals surface area contributed by atoms with Gasteiger partial charge in [0.05, 0.1) is 17.5 Å². The van der Waals surface area contributed by atoms with Gasteiger partial charge in [0.1, 0.15) is 5.56 Å². The van der Waals surface area contributed by atoms with Crippen molar-refractivity contribution in [3.63, 3.8) is 0 Å². The van der Waals surface area contributed by atoms with Gasteiger partial charge in [0.15, 0.2) is 5.82 Å². The molecule has 0 aliphatic carbocycles. The van der Waals surface area contributed by atoms with Crippen molar-refractivity contribution < 1.29 is 32.3 Å². The zero-order valence-electron chi connectivity index (χ0n) is 17.4. The molecule has 0 fully saturated rings. The number of hydrogen-bond donors (Lipinski definition) is 2. The van der Waals surface area contributed by atoms with Crippen LogP contribution in [0.25, 0.3) is 5.82 Å². The van der Waals surface area contributed by atoms with E-state index in [-0.39, 0.29) is 17.1 Å². The number of urea groups is 1. The number of aromatic nitrogens is 3. The van der Waals surface area contributed by atoms with Crippen LogP contribution in [-0.2, 0) is 15.7 Å². The highest BCUT2D eigenvalue weighted by molar-refractivity contribution is 5.99. The highest BCUT2D eigenvalue weighted by Crippen LogP contribution is 2.29. The van der Waals surface area contributed by atoms with E-state index >= 15 is 0 Å². The van der Waals surface area contributed by atoms with Gasteiger partial charge < -0.3 is 10.1 Å². The molecular weight excluding hydrogens is 443 g/mol. The zero-order chi connectivity index (χ0) is 24.2. The van der Waals surface area contributed by atoms with Crippen LogP contribution in [0.5, 0.6) is 0 Å². The lowest BCUT2D eigenvalue weighted by Crippen LogP contribution is -2.41. The maximum atomic E-state index is 12.8. The molecule has 1 aromatic carbocycles. The van der Waals surface area contributed by atoms with E-state index in [2.05, 4.69) is 20.7 Å². The molecule has 2 heterocycles. The van der Waals surface area contributed by atoms with Crippen LogP contribution in [0.3, 0.4) is 0 Å². The van der Waals surface area contributed by atoms with E-state index in [1.807, 2.05) is 0 Å². The van der Waals surface area contributed by atoms with Crippen molar-refractivity contribution in [2.75, 3.05) is 7.05 Å². The number of esters is 1. The fourth-order valence-electron chi connectivity index (χ4n) is 2.83. The molecule has 3 amide bonds. The molecule has 0 radical (unpaired) electrons. The maximum Gasteiger partial charge on any atom is 0.417 e. The molecule has 172 valence electrons. The number of ether oxygens (including phenoxy) is 1. The number of amides is 3. The standard InChI is InChI=1S/C21H18F3N5O4/c1-12-15(11-27-29(12)16-9-8-14(10-26-16)21(22,23)24)19(31)33-17(13-6-4-3-5-7-13)18(30)28-20(32)25-2/h3-11,17H,1-2H3,(H2,25,28,30,32). The first-order valence-corrected chi connectivity index (χ1v) is 9.48. The molecule has 0 spiro atoms. The molecule has 3 aromatic rings. The van der Waals surface area contributed by atoms with Crippen LogP contribution in [0.1, 0.15) is 33.3 Å². The van der Waals surface area contributed by atoms with Gasteiger partial charge in [-0.25, -0.2) is 19.3 Å². The molecule has 1 atom stereocenters. The SMILES string of the molecule is CNC(=O)NC(=O)C(OC(=O)c1cnn(-c2ccc(C(F)(F)F)cn2)c1C)c1ccccc1. The molecule has 0 saturated heterocycles. The Morgan fingerprint density at radius 2 is 1.76 bits per heavy atom. The van der Waals surface area contributed by atoms with Crippen LogP contribution in [0.4, 0.5) is 18.0 Å². The number of nitrogens with one attached hydrogen (secondary N) is 2. The number of halogens is 3. The second-order valence-corrected chi connectivity index (χ2v) is 6.72. The topological polar surface area (TPSA) is 115 Å². The van der Waals surface area contributed by atoms with Crippen molar-refractivity contribution >= 4 is 17.9 Å². The van der Waals surface area contributed by atoms with Gasteiger partial charge in [0, 0.05) is 18.8 Å². The Morgan fingerprint density at radius 3 is 2.33 bits per heavy atom. The highest BCUT2D eigenvalue weighted by Gasteiger charge is 2.31. The van der Waals surface area contributed by atoms with Crippen LogP contribution in [0, 0.1) is 6.92 Å². The summed E-state index contributed by atoms with van der Waals surface area (Å²) in [4.78, 5) is 40.6. The lowest BCUT2D eigenvalue weighted by atomic mass is 10.1. The number of nitrogens with zero attached hydrogens (tertiary/aromatic N) is 3. The molecule has 9 nitrogen and oxygen atoms in total. The molecule has 0 aliphatic rings. The molecule has 0 saturated carbocycles. The molecule has 0 aliphatic heterocycles. The van der Waals surface area contributed by atoms with Crippen molar-refractivity contribution in [1.29, 1.82) is 0 Å². The number of alkyl halides is 3. The Morgan fingerprint density at radius 1 is 1.06 bits per heavy atom. The van der Waals surface area contributed by atoms with E-state index in [4.69, 9.17) is 4.74 Å². The minimum Gasteiger partial charge on any atom is -0.444 e.